The van der Waals surface area contributed by atoms with Crippen molar-refractivity contribution in [3.8, 4) is 17.2 Å². The van der Waals surface area contributed by atoms with Crippen LogP contribution in [0.3, 0.4) is 0 Å². The molecule has 1 aliphatic heterocycles. The number of methoxy groups -OCH3 is 3. The van der Waals surface area contributed by atoms with E-state index in [1.54, 1.807) is 27.5 Å². The van der Waals surface area contributed by atoms with E-state index in [4.69, 9.17) is 42.1 Å². The number of hydrogen-bond donors (Lipinski definition) is 0. The van der Waals surface area contributed by atoms with Gasteiger partial charge in [-0.3, -0.25) is 4.99 Å². The van der Waals surface area contributed by atoms with Gasteiger partial charge in [0, 0.05) is 18.6 Å². The van der Waals surface area contributed by atoms with Crippen molar-refractivity contribution in [2.75, 3.05) is 34.5 Å². The van der Waals surface area contributed by atoms with E-state index in [-0.39, 0.29) is 17.4 Å². The van der Waals surface area contributed by atoms with Crippen molar-refractivity contribution in [1.82, 2.24) is 0 Å². The van der Waals surface area contributed by atoms with Crippen molar-refractivity contribution < 1.29 is 18.9 Å². The second-order valence-corrected chi connectivity index (χ2v) is 9.78. The van der Waals surface area contributed by atoms with Gasteiger partial charge in [-0.05, 0) is 51.7 Å². The van der Waals surface area contributed by atoms with E-state index in [2.05, 4.69) is 36.2 Å². The number of dihydropyridines is 1. The van der Waals surface area contributed by atoms with Gasteiger partial charge in [0.15, 0.2) is 11.5 Å². The Kier molecular flexibility index (Phi) is 8.78. The SMILES string of the molecule is COc1ccc2cc(C(C)COC(CC3=C(Cl)C=NCC3Cl)c3ccc(OC)c(OC)c3)ccc2c1. The van der Waals surface area contributed by atoms with Crippen LogP contribution in [0.5, 0.6) is 17.2 Å². The Morgan fingerprint density at radius 1 is 0.889 bits per heavy atom. The fourth-order valence-electron chi connectivity index (χ4n) is 4.35. The van der Waals surface area contributed by atoms with Crippen molar-refractivity contribution in [2.45, 2.75) is 30.7 Å². The number of benzene rings is 3. The topological polar surface area (TPSA) is 49.3 Å². The molecule has 0 saturated carbocycles. The molecule has 1 aliphatic rings. The highest BCUT2D eigenvalue weighted by molar-refractivity contribution is 6.41. The highest BCUT2D eigenvalue weighted by Gasteiger charge is 2.25. The molecular weight excluding hydrogens is 497 g/mol. The van der Waals surface area contributed by atoms with E-state index in [9.17, 15) is 0 Å². The lowest BCUT2D eigenvalue weighted by Gasteiger charge is -2.26. The van der Waals surface area contributed by atoms with Gasteiger partial charge in [-0.1, -0.05) is 48.9 Å². The van der Waals surface area contributed by atoms with Crippen molar-refractivity contribution >= 4 is 40.2 Å². The first-order valence-corrected chi connectivity index (χ1v) is 12.7. The molecule has 0 fully saturated rings. The van der Waals surface area contributed by atoms with Crippen LogP contribution in [0.15, 0.2) is 70.2 Å². The number of fused-ring (bicyclic) bond motifs is 1. The molecule has 0 aliphatic carbocycles. The van der Waals surface area contributed by atoms with Gasteiger partial charge < -0.3 is 18.9 Å². The van der Waals surface area contributed by atoms with Crippen LogP contribution < -0.4 is 14.2 Å². The maximum Gasteiger partial charge on any atom is 0.161 e. The van der Waals surface area contributed by atoms with Crippen molar-refractivity contribution in [1.29, 1.82) is 0 Å². The number of rotatable bonds is 10. The number of nitrogens with zero attached hydrogens (tertiary/aromatic N) is 1. The molecule has 3 aromatic carbocycles. The number of ether oxygens (including phenoxy) is 4. The molecule has 7 heteroatoms. The molecular formula is C29H31Cl2NO4. The van der Waals surface area contributed by atoms with Gasteiger partial charge in [-0.2, -0.15) is 0 Å². The second kappa shape index (κ2) is 12.0. The summed E-state index contributed by atoms with van der Waals surface area (Å²) in [6.07, 6.45) is 1.96. The molecule has 3 aromatic rings. The Balaban J connectivity index is 1.58. The summed E-state index contributed by atoms with van der Waals surface area (Å²) in [4.78, 5) is 4.24. The lowest BCUT2D eigenvalue weighted by atomic mass is 9.96. The first-order chi connectivity index (χ1) is 17.4. The standard InChI is InChI=1S/C29H31Cl2NO4/c1-18(19-5-6-21-12-23(33-2)9-7-20(21)11-19)17-36-28(14-24-25(30)15-32-16-26(24)31)22-8-10-27(34-3)29(13-22)35-4/h5-13,15,18,26,28H,14,16-17H2,1-4H3. The molecule has 0 saturated heterocycles. The van der Waals surface area contributed by atoms with Crippen molar-refractivity contribution in [3.63, 3.8) is 0 Å². The summed E-state index contributed by atoms with van der Waals surface area (Å²) in [5.41, 5.74) is 3.10. The highest BCUT2D eigenvalue weighted by atomic mass is 35.5. The smallest absolute Gasteiger partial charge is 0.161 e. The maximum absolute atomic E-state index is 6.59. The van der Waals surface area contributed by atoms with Crippen LogP contribution in [0.4, 0.5) is 0 Å². The third kappa shape index (κ3) is 5.97. The zero-order valence-electron chi connectivity index (χ0n) is 21.0. The van der Waals surface area contributed by atoms with E-state index >= 15 is 0 Å². The average Bonchev–Trinajstić information content (AvgIpc) is 2.91. The van der Waals surface area contributed by atoms with E-state index in [1.165, 1.54) is 10.9 Å². The Morgan fingerprint density at radius 3 is 2.33 bits per heavy atom. The number of hydrogen-bond acceptors (Lipinski definition) is 5. The van der Waals surface area contributed by atoms with Gasteiger partial charge in [0.05, 0.1) is 51.0 Å². The van der Waals surface area contributed by atoms with Gasteiger partial charge >= 0.3 is 0 Å². The normalized spacial score (nSPS) is 17.2. The van der Waals surface area contributed by atoms with E-state index < -0.39 is 0 Å². The van der Waals surface area contributed by atoms with Crippen LogP contribution in [-0.2, 0) is 4.74 Å². The summed E-state index contributed by atoms with van der Waals surface area (Å²) in [7, 11) is 4.93. The van der Waals surface area contributed by atoms with Crippen LogP contribution in [0.1, 0.15) is 36.5 Å². The fourth-order valence-corrected chi connectivity index (χ4v) is 4.97. The monoisotopic (exact) mass is 527 g/mol. The Labute approximate surface area is 222 Å². The third-order valence-electron chi connectivity index (χ3n) is 6.53. The molecule has 1 heterocycles. The summed E-state index contributed by atoms with van der Waals surface area (Å²) in [6, 6.07) is 18.4. The molecule has 0 aromatic heterocycles. The summed E-state index contributed by atoms with van der Waals surface area (Å²) in [5, 5.41) is 2.63. The molecule has 4 rings (SSSR count). The molecule has 0 radical (unpaired) electrons. The molecule has 0 N–H and O–H groups in total. The maximum atomic E-state index is 6.59. The molecule has 190 valence electrons. The summed E-state index contributed by atoms with van der Waals surface area (Å²) < 4.78 is 22.9. The first kappa shape index (κ1) is 26.3. The molecule has 3 unspecified atom stereocenters. The van der Waals surface area contributed by atoms with Crippen LogP contribution in [0.25, 0.3) is 10.8 Å². The van der Waals surface area contributed by atoms with Gasteiger partial charge in [-0.25, -0.2) is 0 Å². The Hall–Kier alpha value is -2.73. The van der Waals surface area contributed by atoms with Gasteiger partial charge in [0.25, 0.3) is 0 Å². The van der Waals surface area contributed by atoms with Crippen LogP contribution in [0.2, 0.25) is 0 Å². The predicted octanol–water partition coefficient (Wildman–Crippen LogP) is 7.30. The van der Waals surface area contributed by atoms with E-state index in [1.807, 2.05) is 30.3 Å². The largest absolute Gasteiger partial charge is 0.497 e. The Bertz CT molecular complexity index is 1270. The van der Waals surface area contributed by atoms with Gasteiger partial charge in [-0.15, -0.1) is 11.6 Å². The zero-order chi connectivity index (χ0) is 25.7. The van der Waals surface area contributed by atoms with Crippen molar-refractivity contribution in [3.05, 3.63) is 76.3 Å². The minimum atomic E-state index is -0.270. The molecule has 36 heavy (non-hydrogen) atoms. The molecule has 0 spiro atoms. The summed E-state index contributed by atoms with van der Waals surface area (Å²) in [5.74, 6) is 2.33. The van der Waals surface area contributed by atoms with Crippen LogP contribution >= 0.6 is 23.2 Å². The van der Waals surface area contributed by atoms with Gasteiger partial charge in [0.1, 0.15) is 5.75 Å². The average molecular weight is 528 g/mol. The lowest BCUT2D eigenvalue weighted by Crippen LogP contribution is -2.19. The lowest BCUT2D eigenvalue weighted by molar-refractivity contribution is 0.0445. The molecule has 5 nitrogen and oxygen atoms in total. The number of aliphatic imine (C=N–C) groups is 1. The summed E-state index contributed by atoms with van der Waals surface area (Å²) in [6.45, 7) is 3.19. The molecule has 0 amide bonds. The fraction of sp³-hybridized carbons (Fsp3) is 0.345. The van der Waals surface area contributed by atoms with Crippen LogP contribution in [-0.4, -0.2) is 46.1 Å². The second-order valence-electron chi connectivity index (χ2n) is 8.85. The zero-order valence-corrected chi connectivity index (χ0v) is 22.5. The van der Waals surface area contributed by atoms with Crippen molar-refractivity contribution in [2.24, 2.45) is 4.99 Å². The minimum Gasteiger partial charge on any atom is -0.497 e. The Morgan fingerprint density at radius 2 is 1.61 bits per heavy atom. The molecule has 0 bridgehead atoms. The number of allylic oxidation sites excluding steroid dienone is 1. The predicted molar refractivity (Wildman–Crippen MR) is 148 cm³/mol. The van der Waals surface area contributed by atoms with E-state index in [0.29, 0.717) is 36.1 Å². The molecule has 3 atom stereocenters. The van der Waals surface area contributed by atoms with Gasteiger partial charge in [0.2, 0.25) is 0 Å². The minimum absolute atomic E-state index is 0.170. The third-order valence-corrected chi connectivity index (χ3v) is 7.27. The van der Waals surface area contributed by atoms with Crippen LogP contribution in [0, 0.1) is 0 Å². The number of halogens is 2. The summed E-state index contributed by atoms with van der Waals surface area (Å²) >= 11 is 13.1. The van der Waals surface area contributed by atoms with E-state index in [0.717, 1.165) is 22.3 Å². The quantitative estimate of drug-likeness (QED) is 0.259. The highest BCUT2D eigenvalue weighted by Crippen LogP contribution is 2.37. The number of alkyl halides is 1. The first-order valence-electron chi connectivity index (χ1n) is 11.9.